The van der Waals surface area contributed by atoms with Gasteiger partial charge in [0.1, 0.15) is 17.5 Å². The van der Waals surface area contributed by atoms with Crippen LogP contribution >= 0.6 is 0 Å². The van der Waals surface area contributed by atoms with Crippen molar-refractivity contribution in [2.45, 2.75) is 38.3 Å². The van der Waals surface area contributed by atoms with Crippen molar-refractivity contribution in [2.75, 3.05) is 5.73 Å². The first-order chi connectivity index (χ1) is 11.4. The van der Waals surface area contributed by atoms with Crippen LogP contribution in [0.25, 0.3) is 11.1 Å². The molecule has 1 aliphatic rings. The molecule has 0 saturated carbocycles. The number of hydrogen-bond donors (Lipinski definition) is 1. The predicted molar refractivity (Wildman–Crippen MR) is 85.1 cm³/mol. The molecule has 0 atom stereocenters. The number of benzene rings is 1. The number of nitrogens with zero attached hydrogens (tertiary/aromatic N) is 2. The fourth-order valence-electron chi connectivity index (χ4n) is 3.22. The van der Waals surface area contributed by atoms with E-state index in [2.05, 4.69) is 4.98 Å². The maximum atomic E-state index is 13.0. The Morgan fingerprint density at radius 1 is 1.12 bits per heavy atom. The third-order valence-corrected chi connectivity index (χ3v) is 4.34. The Labute approximate surface area is 137 Å². The Kier molecular flexibility index (Phi) is 4.18. The average molecular weight is 331 g/mol. The van der Waals surface area contributed by atoms with Gasteiger partial charge in [-0.2, -0.15) is 18.4 Å². The molecule has 0 radical (unpaired) electrons. The molecule has 0 fully saturated rings. The zero-order valence-corrected chi connectivity index (χ0v) is 13.0. The highest BCUT2D eigenvalue weighted by Crippen LogP contribution is 2.38. The van der Waals surface area contributed by atoms with Crippen LogP contribution in [0.4, 0.5) is 19.0 Å². The molecule has 3 rings (SSSR count). The molecule has 124 valence electrons. The summed E-state index contributed by atoms with van der Waals surface area (Å²) in [5.41, 5.74) is 7.88. The van der Waals surface area contributed by atoms with Gasteiger partial charge in [0.15, 0.2) is 0 Å². The molecule has 0 saturated heterocycles. The SMILES string of the molecule is N#Cc1c(N)nc2c(c1-c1cccc(C(F)(F)F)c1)CCCCC2. The van der Waals surface area contributed by atoms with E-state index < -0.39 is 11.7 Å². The fraction of sp³-hybridized carbons (Fsp3) is 0.333. The van der Waals surface area contributed by atoms with E-state index in [-0.39, 0.29) is 11.4 Å². The quantitative estimate of drug-likeness (QED) is 0.783. The van der Waals surface area contributed by atoms with Crippen molar-refractivity contribution in [3.63, 3.8) is 0 Å². The zero-order chi connectivity index (χ0) is 17.3. The standard InChI is InChI=1S/C18H16F3N3/c19-18(20,21)12-6-4-5-11(9-12)16-13-7-2-1-3-8-15(13)24-17(23)14(16)10-22/h4-6,9H,1-3,7-8H2,(H2,23,24). The van der Waals surface area contributed by atoms with Crippen LogP contribution in [0.5, 0.6) is 0 Å². The number of aryl methyl sites for hydroxylation is 1. The van der Waals surface area contributed by atoms with Crippen molar-refractivity contribution in [3.8, 4) is 17.2 Å². The van der Waals surface area contributed by atoms with Crippen LogP contribution in [0.2, 0.25) is 0 Å². The highest BCUT2D eigenvalue weighted by molar-refractivity contribution is 5.79. The van der Waals surface area contributed by atoms with Gasteiger partial charge >= 0.3 is 6.18 Å². The third kappa shape index (κ3) is 2.94. The van der Waals surface area contributed by atoms with Gasteiger partial charge in [0.2, 0.25) is 0 Å². The topological polar surface area (TPSA) is 62.7 Å². The van der Waals surface area contributed by atoms with E-state index in [0.717, 1.165) is 49.1 Å². The van der Waals surface area contributed by atoms with Crippen molar-refractivity contribution in [3.05, 3.63) is 46.6 Å². The lowest BCUT2D eigenvalue weighted by Gasteiger charge is -2.17. The number of nitriles is 1. The minimum absolute atomic E-state index is 0.0885. The highest BCUT2D eigenvalue weighted by Gasteiger charge is 2.31. The van der Waals surface area contributed by atoms with Crippen molar-refractivity contribution < 1.29 is 13.2 Å². The van der Waals surface area contributed by atoms with Crippen LogP contribution in [0.1, 0.15) is 41.6 Å². The van der Waals surface area contributed by atoms with Gasteiger partial charge in [-0.25, -0.2) is 4.98 Å². The lowest BCUT2D eigenvalue weighted by molar-refractivity contribution is -0.137. The maximum Gasteiger partial charge on any atom is 0.416 e. The van der Waals surface area contributed by atoms with Gasteiger partial charge in [-0.3, -0.25) is 0 Å². The van der Waals surface area contributed by atoms with Crippen LogP contribution in [0.3, 0.4) is 0 Å². The molecule has 3 nitrogen and oxygen atoms in total. The largest absolute Gasteiger partial charge is 0.416 e. The van der Waals surface area contributed by atoms with Crippen molar-refractivity contribution in [1.82, 2.24) is 4.98 Å². The normalized spacial score (nSPS) is 14.6. The number of anilines is 1. The number of alkyl halides is 3. The Bertz CT molecular complexity index is 819. The molecule has 1 heterocycles. The summed E-state index contributed by atoms with van der Waals surface area (Å²) in [7, 11) is 0. The number of halogens is 3. The Hall–Kier alpha value is -2.55. The molecule has 0 unspecified atom stereocenters. The lowest BCUT2D eigenvalue weighted by Crippen LogP contribution is -2.08. The summed E-state index contributed by atoms with van der Waals surface area (Å²) in [4.78, 5) is 4.33. The van der Waals surface area contributed by atoms with E-state index in [4.69, 9.17) is 5.73 Å². The lowest BCUT2D eigenvalue weighted by atomic mass is 9.91. The van der Waals surface area contributed by atoms with E-state index in [9.17, 15) is 18.4 Å². The van der Waals surface area contributed by atoms with Crippen molar-refractivity contribution in [2.24, 2.45) is 0 Å². The van der Waals surface area contributed by atoms with Gasteiger partial charge in [0.05, 0.1) is 5.56 Å². The molecule has 6 heteroatoms. The molecule has 24 heavy (non-hydrogen) atoms. The molecule has 0 spiro atoms. The smallest absolute Gasteiger partial charge is 0.383 e. The summed E-state index contributed by atoms with van der Waals surface area (Å²) in [6.45, 7) is 0. The molecule has 1 aliphatic carbocycles. The van der Waals surface area contributed by atoms with Crippen molar-refractivity contribution in [1.29, 1.82) is 5.26 Å². The van der Waals surface area contributed by atoms with Gasteiger partial charge in [0.25, 0.3) is 0 Å². The molecule has 2 aromatic rings. The first-order valence-electron chi connectivity index (χ1n) is 7.80. The molecule has 2 N–H and O–H groups in total. The second-order valence-electron chi connectivity index (χ2n) is 5.92. The van der Waals surface area contributed by atoms with Gasteiger partial charge in [-0.05, 0) is 48.9 Å². The second-order valence-corrected chi connectivity index (χ2v) is 5.92. The number of hydrogen-bond acceptors (Lipinski definition) is 3. The minimum Gasteiger partial charge on any atom is -0.383 e. The summed E-state index contributed by atoms with van der Waals surface area (Å²) in [6, 6.07) is 7.09. The summed E-state index contributed by atoms with van der Waals surface area (Å²) < 4.78 is 39.1. The van der Waals surface area contributed by atoms with E-state index in [1.165, 1.54) is 6.07 Å². The monoisotopic (exact) mass is 331 g/mol. The summed E-state index contributed by atoms with van der Waals surface area (Å²) in [5, 5.41) is 9.47. The number of rotatable bonds is 1. The van der Waals surface area contributed by atoms with E-state index in [1.54, 1.807) is 6.07 Å². The number of aromatic nitrogens is 1. The van der Waals surface area contributed by atoms with Gasteiger partial charge in [-0.1, -0.05) is 18.6 Å². The van der Waals surface area contributed by atoms with Gasteiger partial charge in [0, 0.05) is 11.3 Å². The van der Waals surface area contributed by atoms with Crippen LogP contribution in [-0.2, 0) is 19.0 Å². The number of nitrogens with two attached hydrogens (primary N) is 1. The predicted octanol–water partition coefficient (Wildman–Crippen LogP) is 4.49. The summed E-state index contributed by atoms with van der Waals surface area (Å²) in [5.74, 6) is 0.0885. The van der Waals surface area contributed by atoms with Crippen molar-refractivity contribution >= 4 is 5.82 Å². The van der Waals surface area contributed by atoms with E-state index in [1.807, 2.05) is 6.07 Å². The Morgan fingerprint density at radius 2 is 1.88 bits per heavy atom. The molecule has 1 aromatic heterocycles. The highest BCUT2D eigenvalue weighted by atomic mass is 19.4. The average Bonchev–Trinajstić information content (AvgIpc) is 2.78. The minimum atomic E-state index is -4.43. The van der Waals surface area contributed by atoms with Gasteiger partial charge < -0.3 is 5.73 Å². The molecular formula is C18H16F3N3. The van der Waals surface area contributed by atoms with Crippen LogP contribution in [-0.4, -0.2) is 4.98 Å². The molecule has 0 bridgehead atoms. The van der Waals surface area contributed by atoms with E-state index in [0.29, 0.717) is 17.5 Å². The molecule has 0 amide bonds. The molecule has 0 aliphatic heterocycles. The van der Waals surface area contributed by atoms with Crippen LogP contribution in [0, 0.1) is 11.3 Å². The first-order valence-corrected chi connectivity index (χ1v) is 7.80. The Morgan fingerprint density at radius 3 is 2.58 bits per heavy atom. The number of pyridine rings is 1. The maximum absolute atomic E-state index is 13.0. The first kappa shape index (κ1) is 16.3. The fourth-order valence-corrected chi connectivity index (χ4v) is 3.22. The number of fused-ring (bicyclic) bond motifs is 1. The second kappa shape index (κ2) is 6.16. The molecule has 1 aromatic carbocycles. The number of nitrogen functional groups attached to an aromatic ring is 1. The Balaban J connectivity index is 2.27. The van der Waals surface area contributed by atoms with E-state index >= 15 is 0 Å². The third-order valence-electron chi connectivity index (χ3n) is 4.34. The summed E-state index contributed by atoms with van der Waals surface area (Å²) in [6.07, 6.45) is -0.0819. The zero-order valence-electron chi connectivity index (χ0n) is 13.0. The van der Waals surface area contributed by atoms with Gasteiger partial charge in [-0.15, -0.1) is 0 Å². The summed E-state index contributed by atoms with van der Waals surface area (Å²) >= 11 is 0. The van der Waals surface area contributed by atoms with Crippen LogP contribution in [0.15, 0.2) is 24.3 Å². The molecular weight excluding hydrogens is 315 g/mol. The van der Waals surface area contributed by atoms with Crippen LogP contribution < -0.4 is 5.73 Å².